The summed E-state index contributed by atoms with van der Waals surface area (Å²) in [7, 11) is 3.80. The van der Waals surface area contributed by atoms with E-state index in [1.165, 1.54) is 10.4 Å². The van der Waals surface area contributed by atoms with Crippen LogP contribution in [0.1, 0.15) is 24.4 Å². The van der Waals surface area contributed by atoms with Crippen LogP contribution in [0.2, 0.25) is 0 Å². The first-order valence-corrected chi connectivity index (χ1v) is 8.17. The van der Waals surface area contributed by atoms with Gasteiger partial charge in [0.05, 0.1) is 7.05 Å². The summed E-state index contributed by atoms with van der Waals surface area (Å²) >= 11 is 0. The summed E-state index contributed by atoms with van der Waals surface area (Å²) in [5.41, 5.74) is 1.29. The number of carbonyl (C=O) groups is 1. The van der Waals surface area contributed by atoms with Crippen molar-refractivity contribution in [3.05, 3.63) is 35.9 Å². The zero-order chi connectivity index (χ0) is 16.9. The number of aromatic nitrogens is 4. The quantitative estimate of drug-likeness (QED) is 0.885. The number of hydrogen-bond donors (Lipinski definition) is 2. The first kappa shape index (κ1) is 16.4. The van der Waals surface area contributed by atoms with Crippen LogP contribution in [-0.4, -0.2) is 51.3 Å². The van der Waals surface area contributed by atoms with Gasteiger partial charge in [-0.3, -0.25) is 10.2 Å². The van der Waals surface area contributed by atoms with Gasteiger partial charge in [0.2, 0.25) is 0 Å². The molecule has 2 atom stereocenters. The number of nitrogens with one attached hydrogen (secondary N) is 2. The van der Waals surface area contributed by atoms with Gasteiger partial charge in [0, 0.05) is 12.6 Å². The van der Waals surface area contributed by atoms with E-state index in [0.717, 1.165) is 19.4 Å². The van der Waals surface area contributed by atoms with E-state index in [0.29, 0.717) is 18.5 Å². The van der Waals surface area contributed by atoms with E-state index in [1.54, 1.807) is 7.05 Å². The number of benzene rings is 1. The van der Waals surface area contributed by atoms with E-state index in [1.807, 2.05) is 6.07 Å². The van der Waals surface area contributed by atoms with Crippen molar-refractivity contribution in [2.75, 3.05) is 25.5 Å². The molecular formula is C16H23N7O. The number of carbonyl (C=O) groups excluding carboxylic acids is 1. The fourth-order valence-electron chi connectivity index (χ4n) is 3.35. The maximum atomic E-state index is 12.0. The minimum absolute atomic E-state index is 0.204. The maximum absolute atomic E-state index is 12.0. The number of tetrazole rings is 1. The minimum atomic E-state index is -0.303. The third-order valence-corrected chi connectivity index (χ3v) is 4.41. The molecule has 3 rings (SSSR count). The monoisotopic (exact) mass is 329 g/mol. The van der Waals surface area contributed by atoms with Crippen molar-refractivity contribution in [1.29, 1.82) is 0 Å². The highest BCUT2D eigenvalue weighted by atomic mass is 16.2. The molecule has 2 aromatic rings. The third-order valence-electron chi connectivity index (χ3n) is 4.41. The van der Waals surface area contributed by atoms with Crippen LogP contribution >= 0.6 is 0 Å². The zero-order valence-electron chi connectivity index (χ0n) is 14.0. The van der Waals surface area contributed by atoms with Crippen molar-refractivity contribution in [1.82, 2.24) is 30.4 Å². The Balaban J connectivity index is 1.60. The molecule has 1 aromatic carbocycles. The Labute approximate surface area is 141 Å². The summed E-state index contributed by atoms with van der Waals surface area (Å²) in [5.74, 6) is 0.571. The van der Waals surface area contributed by atoms with Gasteiger partial charge in [-0.05, 0) is 43.1 Å². The van der Waals surface area contributed by atoms with Crippen molar-refractivity contribution >= 4 is 12.0 Å². The molecule has 0 spiro atoms. The molecule has 1 aliphatic heterocycles. The zero-order valence-corrected chi connectivity index (χ0v) is 14.0. The number of aryl methyl sites for hydroxylation is 1. The number of anilines is 1. The molecule has 2 amide bonds. The highest BCUT2D eigenvalue weighted by Crippen LogP contribution is 2.34. The molecule has 24 heavy (non-hydrogen) atoms. The number of piperidine rings is 1. The number of rotatable bonds is 4. The standard InChI is InChI=1S/C16H23N7O/c1-22-10-6-9-13(14(22)12-7-4-3-5-8-12)11-17-16(24)18-15-19-21-23(2)20-15/h3-5,7-8,13-14H,6,9-11H2,1-2H3,(H2,17,18,20,24)/t13-,14-/m1/s1. The summed E-state index contributed by atoms with van der Waals surface area (Å²) in [4.78, 5) is 15.7. The molecule has 0 aliphatic carbocycles. The predicted octanol–water partition coefficient (Wildman–Crippen LogP) is 1.41. The van der Waals surface area contributed by atoms with Crippen LogP contribution in [0.3, 0.4) is 0 Å². The average molecular weight is 329 g/mol. The predicted molar refractivity (Wildman–Crippen MR) is 90.4 cm³/mol. The van der Waals surface area contributed by atoms with Gasteiger partial charge >= 0.3 is 6.03 Å². The van der Waals surface area contributed by atoms with Gasteiger partial charge in [-0.25, -0.2) is 4.79 Å². The SMILES string of the molecule is CN1CCC[C@H](CNC(=O)Nc2nnn(C)n2)[C@H]1c1ccccc1. The summed E-state index contributed by atoms with van der Waals surface area (Å²) in [6, 6.07) is 10.5. The molecule has 1 saturated heterocycles. The molecule has 1 aliphatic rings. The topological polar surface area (TPSA) is 88.0 Å². The second kappa shape index (κ2) is 7.39. The maximum Gasteiger partial charge on any atom is 0.321 e. The normalized spacial score (nSPS) is 21.4. The smallest absolute Gasteiger partial charge is 0.321 e. The Morgan fingerprint density at radius 1 is 1.29 bits per heavy atom. The second-order valence-corrected chi connectivity index (χ2v) is 6.18. The molecule has 1 aromatic heterocycles. The Morgan fingerprint density at radius 3 is 2.79 bits per heavy atom. The molecule has 1 fully saturated rings. The number of urea groups is 1. The molecule has 8 nitrogen and oxygen atoms in total. The van der Waals surface area contributed by atoms with Crippen molar-refractivity contribution < 1.29 is 4.79 Å². The Kier molecular flexibility index (Phi) is 5.05. The van der Waals surface area contributed by atoms with Crippen LogP contribution in [0.4, 0.5) is 10.7 Å². The van der Waals surface area contributed by atoms with Gasteiger partial charge in [-0.1, -0.05) is 35.4 Å². The summed E-state index contributed by atoms with van der Waals surface area (Å²) in [6.07, 6.45) is 2.23. The molecule has 128 valence electrons. The lowest BCUT2D eigenvalue weighted by atomic mass is 9.85. The van der Waals surface area contributed by atoms with Gasteiger partial charge in [0.1, 0.15) is 0 Å². The van der Waals surface area contributed by atoms with Crippen molar-refractivity contribution in [3.8, 4) is 0 Å². The summed E-state index contributed by atoms with van der Waals surface area (Å²) in [6.45, 7) is 1.68. The molecular weight excluding hydrogens is 306 g/mol. The van der Waals surface area contributed by atoms with Crippen LogP contribution in [-0.2, 0) is 7.05 Å². The highest BCUT2D eigenvalue weighted by Gasteiger charge is 2.30. The van der Waals surface area contributed by atoms with E-state index in [4.69, 9.17) is 0 Å². The van der Waals surface area contributed by atoms with E-state index < -0.39 is 0 Å². The van der Waals surface area contributed by atoms with Gasteiger partial charge < -0.3 is 5.32 Å². The number of likely N-dealkylation sites (tertiary alicyclic amines) is 1. The van der Waals surface area contributed by atoms with Crippen LogP contribution in [0, 0.1) is 5.92 Å². The van der Waals surface area contributed by atoms with E-state index in [-0.39, 0.29) is 12.0 Å². The van der Waals surface area contributed by atoms with Crippen LogP contribution < -0.4 is 10.6 Å². The first-order valence-electron chi connectivity index (χ1n) is 8.17. The molecule has 0 bridgehead atoms. The molecule has 2 N–H and O–H groups in total. The van der Waals surface area contributed by atoms with Crippen molar-refractivity contribution in [2.45, 2.75) is 18.9 Å². The van der Waals surface area contributed by atoms with Gasteiger partial charge in [0.25, 0.3) is 5.95 Å². The first-order chi connectivity index (χ1) is 11.6. The lowest BCUT2D eigenvalue weighted by Gasteiger charge is -2.39. The lowest BCUT2D eigenvalue weighted by molar-refractivity contribution is 0.121. The van der Waals surface area contributed by atoms with E-state index >= 15 is 0 Å². The second-order valence-electron chi connectivity index (χ2n) is 6.18. The van der Waals surface area contributed by atoms with E-state index in [9.17, 15) is 4.79 Å². The van der Waals surface area contributed by atoms with Gasteiger partial charge in [0.15, 0.2) is 0 Å². The number of hydrogen-bond acceptors (Lipinski definition) is 5. The Hall–Kier alpha value is -2.48. The fourth-order valence-corrected chi connectivity index (χ4v) is 3.35. The minimum Gasteiger partial charge on any atom is -0.337 e. The highest BCUT2D eigenvalue weighted by molar-refractivity contribution is 5.87. The molecule has 2 heterocycles. The van der Waals surface area contributed by atoms with Crippen LogP contribution in [0.15, 0.2) is 30.3 Å². The van der Waals surface area contributed by atoms with Gasteiger partial charge in [-0.15, -0.1) is 5.10 Å². The fraction of sp³-hybridized carbons (Fsp3) is 0.500. The molecule has 0 radical (unpaired) electrons. The summed E-state index contributed by atoms with van der Waals surface area (Å²) < 4.78 is 0. The van der Waals surface area contributed by atoms with Gasteiger partial charge in [-0.2, -0.15) is 4.80 Å². The number of nitrogens with zero attached hydrogens (tertiary/aromatic N) is 5. The molecule has 0 unspecified atom stereocenters. The average Bonchev–Trinajstić information content (AvgIpc) is 2.98. The Bertz CT molecular complexity index is 672. The molecule has 8 heteroatoms. The third kappa shape index (κ3) is 3.88. The lowest BCUT2D eigenvalue weighted by Crippen LogP contribution is -2.42. The van der Waals surface area contributed by atoms with Crippen molar-refractivity contribution in [3.63, 3.8) is 0 Å². The number of amides is 2. The largest absolute Gasteiger partial charge is 0.337 e. The molecule has 0 saturated carbocycles. The van der Waals surface area contributed by atoms with E-state index in [2.05, 4.69) is 62.3 Å². The van der Waals surface area contributed by atoms with Crippen molar-refractivity contribution in [2.24, 2.45) is 13.0 Å². The Morgan fingerprint density at radius 2 is 2.08 bits per heavy atom. The summed E-state index contributed by atoms with van der Waals surface area (Å²) in [5, 5.41) is 16.9. The van der Waals surface area contributed by atoms with Crippen LogP contribution in [0.25, 0.3) is 0 Å². The van der Waals surface area contributed by atoms with Crippen LogP contribution in [0.5, 0.6) is 0 Å².